The number of tetrazole rings is 1. The largest absolute Gasteiger partial charge is 0.465 e. The monoisotopic (exact) mass is 333 g/mol. The van der Waals surface area contributed by atoms with Gasteiger partial charge in [-0.05, 0) is 39.8 Å². The second-order valence-electron chi connectivity index (χ2n) is 5.58. The van der Waals surface area contributed by atoms with Crippen molar-refractivity contribution in [3.63, 3.8) is 0 Å². The smallest absolute Gasteiger partial charge is 0.337 e. The number of anilines is 1. The van der Waals surface area contributed by atoms with E-state index in [0.717, 1.165) is 16.8 Å². The highest BCUT2D eigenvalue weighted by Crippen LogP contribution is 2.31. The van der Waals surface area contributed by atoms with Crippen LogP contribution in [0.4, 0.5) is 5.95 Å². The van der Waals surface area contributed by atoms with Crippen molar-refractivity contribution in [1.82, 2.24) is 20.2 Å². The molecular formula is C18H15N5O2. The summed E-state index contributed by atoms with van der Waals surface area (Å²) in [6, 6.07) is 17.1. The van der Waals surface area contributed by atoms with Crippen LogP contribution >= 0.6 is 0 Å². The minimum absolute atomic E-state index is 0.173. The lowest BCUT2D eigenvalue weighted by molar-refractivity contribution is 0.0600. The molecule has 0 aliphatic carbocycles. The van der Waals surface area contributed by atoms with Crippen LogP contribution in [0.5, 0.6) is 0 Å². The molecule has 0 amide bonds. The second-order valence-corrected chi connectivity index (χ2v) is 5.58. The number of hydrogen-bond acceptors (Lipinski definition) is 6. The number of nitrogens with one attached hydrogen (secondary N) is 1. The van der Waals surface area contributed by atoms with Gasteiger partial charge in [0.15, 0.2) is 0 Å². The lowest BCUT2D eigenvalue weighted by Crippen LogP contribution is -2.20. The Bertz CT molecular complexity index is 932. The number of carbonyl (C=O) groups excluding carboxylic acids is 1. The third kappa shape index (κ3) is 2.76. The van der Waals surface area contributed by atoms with Crippen LogP contribution in [0.3, 0.4) is 0 Å². The molecule has 1 aromatic heterocycles. The van der Waals surface area contributed by atoms with E-state index in [0.29, 0.717) is 11.5 Å². The van der Waals surface area contributed by atoms with Crippen molar-refractivity contribution in [2.45, 2.75) is 6.04 Å². The Morgan fingerprint density at radius 2 is 1.88 bits per heavy atom. The average Bonchev–Trinajstić information content (AvgIpc) is 3.16. The molecule has 0 spiro atoms. The quantitative estimate of drug-likeness (QED) is 0.742. The van der Waals surface area contributed by atoms with E-state index in [9.17, 15) is 4.79 Å². The van der Waals surface area contributed by atoms with Gasteiger partial charge in [0.1, 0.15) is 6.04 Å². The van der Waals surface area contributed by atoms with Gasteiger partial charge in [0, 0.05) is 5.70 Å². The summed E-state index contributed by atoms with van der Waals surface area (Å²) in [5.74, 6) is 0.212. The van der Waals surface area contributed by atoms with Crippen molar-refractivity contribution in [3.05, 3.63) is 77.4 Å². The van der Waals surface area contributed by atoms with Crippen molar-refractivity contribution in [2.75, 3.05) is 12.4 Å². The minimum atomic E-state index is -0.361. The van der Waals surface area contributed by atoms with Gasteiger partial charge in [-0.25, -0.2) is 4.79 Å². The molecule has 0 saturated carbocycles. The number of nitrogens with zero attached hydrogens (tertiary/aromatic N) is 4. The predicted octanol–water partition coefficient (Wildman–Crippen LogP) is 2.52. The molecule has 2 heterocycles. The summed E-state index contributed by atoms with van der Waals surface area (Å²) < 4.78 is 6.45. The van der Waals surface area contributed by atoms with Gasteiger partial charge in [-0.3, -0.25) is 0 Å². The summed E-state index contributed by atoms with van der Waals surface area (Å²) in [6.07, 6.45) is 2.06. The molecule has 2 aromatic carbocycles. The molecule has 3 aromatic rings. The number of fused-ring (bicyclic) bond motifs is 1. The molecule has 7 nitrogen and oxygen atoms in total. The zero-order chi connectivity index (χ0) is 17.2. The molecule has 4 rings (SSSR count). The summed E-state index contributed by atoms with van der Waals surface area (Å²) in [4.78, 5) is 11.6. The van der Waals surface area contributed by atoms with Crippen LogP contribution < -0.4 is 5.32 Å². The Morgan fingerprint density at radius 3 is 2.60 bits per heavy atom. The maximum Gasteiger partial charge on any atom is 0.337 e. The standard InChI is InChI=1S/C18H15N5O2/c1-25-17(24)14-9-7-13(8-10-14)16-11-15(12-5-3-2-4-6-12)19-18-20-21-22-23(16)18/h2-11,16H,1H3,(H,19,20,22). The Labute approximate surface area is 143 Å². The van der Waals surface area contributed by atoms with E-state index < -0.39 is 0 Å². The molecule has 1 aliphatic heterocycles. The number of carbonyl (C=O) groups is 1. The number of methoxy groups -OCH3 is 1. The Balaban J connectivity index is 1.74. The SMILES string of the molecule is COC(=O)c1ccc(C2C=C(c3ccccc3)Nc3nnnn32)cc1. The van der Waals surface area contributed by atoms with Crippen LogP contribution in [0.15, 0.2) is 60.7 Å². The Morgan fingerprint density at radius 1 is 1.12 bits per heavy atom. The van der Waals surface area contributed by atoms with Crippen molar-refractivity contribution in [1.29, 1.82) is 0 Å². The molecule has 1 atom stereocenters. The second kappa shape index (κ2) is 6.20. The molecule has 0 saturated heterocycles. The Hall–Kier alpha value is -3.48. The van der Waals surface area contributed by atoms with E-state index in [2.05, 4.69) is 26.9 Å². The fraction of sp³-hybridized carbons (Fsp3) is 0.111. The van der Waals surface area contributed by atoms with Crippen molar-refractivity contribution in [3.8, 4) is 0 Å². The highest BCUT2D eigenvalue weighted by molar-refractivity contribution is 5.89. The fourth-order valence-corrected chi connectivity index (χ4v) is 2.81. The summed E-state index contributed by atoms with van der Waals surface area (Å²) in [7, 11) is 1.37. The fourth-order valence-electron chi connectivity index (χ4n) is 2.81. The van der Waals surface area contributed by atoms with Crippen LogP contribution in [0.25, 0.3) is 5.70 Å². The third-order valence-corrected chi connectivity index (χ3v) is 4.09. The average molecular weight is 333 g/mol. The van der Waals surface area contributed by atoms with Gasteiger partial charge in [-0.1, -0.05) is 47.6 Å². The lowest BCUT2D eigenvalue weighted by atomic mass is 10.0. The number of benzene rings is 2. The molecule has 124 valence electrons. The van der Waals surface area contributed by atoms with Crippen LogP contribution in [0.1, 0.15) is 27.5 Å². The van der Waals surface area contributed by atoms with Crippen molar-refractivity contribution >= 4 is 17.6 Å². The molecule has 0 fully saturated rings. The van der Waals surface area contributed by atoms with Gasteiger partial charge in [0.05, 0.1) is 12.7 Å². The highest BCUT2D eigenvalue weighted by Gasteiger charge is 2.24. The number of rotatable bonds is 3. The van der Waals surface area contributed by atoms with Crippen LogP contribution in [0, 0.1) is 0 Å². The van der Waals surface area contributed by atoms with Crippen molar-refractivity contribution in [2.24, 2.45) is 0 Å². The normalized spacial score (nSPS) is 15.7. The van der Waals surface area contributed by atoms with E-state index in [1.807, 2.05) is 42.5 Å². The molecule has 0 bridgehead atoms. The summed E-state index contributed by atoms with van der Waals surface area (Å²) >= 11 is 0. The summed E-state index contributed by atoms with van der Waals surface area (Å²) in [6.45, 7) is 0. The van der Waals surface area contributed by atoms with E-state index >= 15 is 0 Å². The lowest BCUT2D eigenvalue weighted by Gasteiger charge is -2.23. The molecule has 1 N–H and O–H groups in total. The molecular weight excluding hydrogens is 318 g/mol. The van der Waals surface area contributed by atoms with Crippen molar-refractivity contribution < 1.29 is 9.53 Å². The number of allylic oxidation sites excluding steroid dienone is 1. The molecule has 1 aliphatic rings. The Kier molecular flexibility index (Phi) is 3.74. The van der Waals surface area contributed by atoms with Gasteiger partial charge < -0.3 is 10.1 Å². The number of hydrogen-bond donors (Lipinski definition) is 1. The third-order valence-electron chi connectivity index (χ3n) is 4.09. The first kappa shape index (κ1) is 15.1. The molecule has 0 radical (unpaired) electrons. The highest BCUT2D eigenvalue weighted by atomic mass is 16.5. The van der Waals surface area contributed by atoms with Crippen LogP contribution in [0.2, 0.25) is 0 Å². The van der Waals surface area contributed by atoms with E-state index in [1.165, 1.54) is 7.11 Å². The topological polar surface area (TPSA) is 81.9 Å². The van der Waals surface area contributed by atoms with Gasteiger partial charge in [0.2, 0.25) is 5.95 Å². The van der Waals surface area contributed by atoms with Crippen LogP contribution in [-0.2, 0) is 4.74 Å². The molecule has 7 heteroatoms. The van der Waals surface area contributed by atoms with E-state index in [1.54, 1.807) is 16.8 Å². The molecule has 1 unspecified atom stereocenters. The number of esters is 1. The number of ether oxygens (including phenoxy) is 1. The predicted molar refractivity (Wildman–Crippen MR) is 91.8 cm³/mol. The first-order valence-electron chi connectivity index (χ1n) is 7.76. The molecule has 25 heavy (non-hydrogen) atoms. The summed E-state index contributed by atoms with van der Waals surface area (Å²) in [5, 5.41) is 15.1. The van der Waals surface area contributed by atoms with Gasteiger partial charge in [-0.2, -0.15) is 4.68 Å². The first-order valence-corrected chi connectivity index (χ1v) is 7.76. The first-order chi connectivity index (χ1) is 12.3. The summed E-state index contributed by atoms with van der Waals surface area (Å²) in [5.41, 5.74) is 3.46. The maximum absolute atomic E-state index is 11.6. The van der Waals surface area contributed by atoms with Gasteiger partial charge >= 0.3 is 5.97 Å². The zero-order valence-corrected chi connectivity index (χ0v) is 13.5. The van der Waals surface area contributed by atoms with Gasteiger partial charge in [-0.15, -0.1) is 0 Å². The zero-order valence-electron chi connectivity index (χ0n) is 13.5. The minimum Gasteiger partial charge on any atom is -0.465 e. The maximum atomic E-state index is 11.6. The van der Waals surface area contributed by atoms with E-state index in [4.69, 9.17) is 4.74 Å². The van der Waals surface area contributed by atoms with Gasteiger partial charge in [0.25, 0.3) is 0 Å². The number of aromatic nitrogens is 4. The van der Waals surface area contributed by atoms with Crippen LogP contribution in [-0.4, -0.2) is 33.3 Å². The van der Waals surface area contributed by atoms with E-state index in [-0.39, 0.29) is 12.0 Å².